The smallest absolute Gasteiger partial charge is 0.198 e. The first-order chi connectivity index (χ1) is 8.81. The standard InChI is InChI=1S/C8H18OSi2.C6H16OSi2.Pt/c1-7-10(3,4)9-11(5,6)8-2;1-6-9(4,5)7-8(2)3;/h7-8H,1-2H2,3-6H3;6,8H,1H2,2-5H3;. The van der Waals surface area contributed by atoms with E-state index in [9.17, 15) is 0 Å². The largest absolute Gasteiger partial charge is 0.455 e. The topological polar surface area (TPSA) is 18.5 Å². The Bertz CT molecular complexity index is 311. The van der Waals surface area contributed by atoms with Gasteiger partial charge < -0.3 is 8.23 Å². The normalized spacial score (nSPS) is 11.9. The van der Waals surface area contributed by atoms with Crippen LogP contribution in [0.4, 0.5) is 0 Å². The third-order valence-electron chi connectivity index (χ3n) is 2.54. The monoisotopic (exact) mass is 541 g/mol. The van der Waals surface area contributed by atoms with Gasteiger partial charge in [-0.3, -0.25) is 0 Å². The van der Waals surface area contributed by atoms with Crippen LogP contribution in [0.3, 0.4) is 0 Å². The SMILES string of the molecule is C=C[Si](C)(C)O[SiH](C)C.C=C[Si](C)(C)O[Si](C)(C)C=C.[Pt]. The molecule has 0 aromatic heterocycles. The summed E-state index contributed by atoms with van der Waals surface area (Å²) in [5.74, 6) is 0. The Morgan fingerprint density at radius 3 is 1.14 bits per heavy atom. The van der Waals surface area contributed by atoms with Gasteiger partial charge in [0.05, 0.1) is 0 Å². The van der Waals surface area contributed by atoms with Crippen molar-refractivity contribution >= 4 is 34.0 Å². The molecule has 0 N–H and O–H groups in total. The van der Waals surface area contributed by atoms with Gasteiger partial charge in [0, 0.05) is 21.1 Å². The second-order valence-electron chi connectivity index (χ2n) is 6.69. The molecule has 128 valence electrons. The van der Waals surface area contributed by atoms with E-state index < -0.39 is 34.0 Å². The van der Waals surface area contributed by atoms with E-state index in [1.165, 1.54) is 0 Å². The van der Waals surface area contributed by atoms with E-state index in [1.807, 2.05) is 17.1 Å². The van der Waals surface area contributed by atoms with E-state index in [-0.39, 0.29) is 21.1 Å². The van der Waals surface area contributed by atoms with E-state index in [0.29, 0.717) is 0 Å². The minimum absolute atomic E-state index is 0. The van der Waals surface area contributed by atoms with Gasteiger partial charge in [-0.25, -0.2) is 0 Å². The maximum atomic E-state index is 5.97. The molecule has 0 radical (unpaired) electrons. The number of rotatable bonds is 7. The second-order valence-corrected chi connectivity index (χ2v) is 21.4. The summed E-state index contributed by atoms with van der Waals surface area (Å²) in [5.41, 5.74) is 5.91. The molecule has 7 heteroatoms. The summed E-state index contributed by atoms with van der Waals surface area (Å²) in [4.78, 5) is 0. The van der Waals surface area contributed by atoms with E-state index in [4.69, 9.17) is 8.23 Å². The molecule has 0 fully saturated rings. The predicted octanol–water partition coefficient (Wildman–Crippen LogP) is 4.78. The van der Waals surface area contributed by atoms with Gasteiger partial charge in [0.1, 0.15) is 0 Å². The molecule has 0 aliphatic carbocycles. The minimum Gasteiger partial charge on any atom is -0.455 e. The van der Waals surface area contributed by atoms with Crippen molar-refractivity contribution in [2.24, 2.45) is 0 Å². The van der Waals surface area contributed by atoms with E-state index in [1.54, 1.807) is 0 Å². The number of hydrogen-bond donors (Lipinski definition) is 0. The van der Waals surface area contributed by atoms with Crippen LogP contribution in [-0.4, -0.2) is 34.0 Å². The van der Waals surface area contributed by atoms with Crippen LogP contribution in [0.1, 0.15) is 0 Å². The summed E-state index contributed by atoms with van der Waals surface area (Å²) in [6.45, 7) is 28.6. The quantitative estimate of drug-likeness (QED) is 0.432. The van der Waals surface area contributed by atoms with Gasteiger partial charge in [-0.2, -0.15) is 0 Å². The first-order valence-electron chi connectivity index (χ1n) is 7.09. The molecule has 0 bridgehead atoms. The fourth-order valence-corrected chi connectivity index (χ4v) is 12.8. The van der Waals surface area contributed by atoms with Gasteiger partial charge in [-0.1, -0.05) is 17.1 Å². The van der Waals surface area contributed by atoms with Crippen molar-refractivity contribution in [1.29, 1.82) is 0 Å². The zero-order valence-corrected chi connectivity index (χ0v) is 21.5. The summed E-state index contributed by atoms with van der Waals surface area (Å²) in [5, 5.41) is 0. The summed E-state index contributed by atoms with van der Waals surface area (Å²) in [7, 11) is -5.40. The summed E-state index contributed by atoms with van der Waals surface area (Å²) >= 11 is 0. The fourth-order valence-electron chi connectivity index (χ4n) is 1.42. The van der Waals surface area contributed by atoms with Crippen LogP contribution in [0.25, 0.3) is 0 Å². The molecule has 0 rings (SSSR count). The van der Waals surface area contributed by atoms with Gasteiger partial charge in [0.2, 0.25) is 0 Å². The van der Waals surface area contributed by atoms with Crippen LogP contribution in [0, 0.1) is 0 Å². The molecular formula is C14H34O2PtSi4. The van der Waals surface area contributed by atoms with E-state index >= 15 is 0 Å². The molecule has 0 amide bonds. The average molecular weight is 542 g/mol. The van der Waals surface area contributed by atoms with Crippen molar-refractivity contribution in [3.05, 3.63) is 36.8 Å². The molecule has 2 nitrogen and oxygen atoms in total. The molecule has 0 spiro atoms. The van der Waals surface area contributed by atoms with Crippen molar-refractivity contribution < 1.29 is 29.3 Å². The Hall–Kier alpha value is 0.696. The van der Waals surface area contributed by atoms with Crippen molar-refractivity contribution in [2.75, 3.05) is 0 Å². The van der Waals surface area contributed by atoms with Crippen LogP contribution in [-0.2, 0) is 29.3 Å². The molecule has 0 aliphatic rings. The third-order valence-corrected chi connectivity index (χ3v) is 14.0. The van der Waals surface area contributed by atoms with Crippen LogP contribution in [0.15, 0.2) is 36.8 Å². The zero-order valence-electron chi connectivity index (χ0n) is 15.1. The van der Waals surface area contributed by atoms with Gasteiger partial charge in [0.15, 0.2) is 34.0 Å². The minimum atomic E-state index is -1.58. The molecular weight excluding hydrogens is 508 g/mol. The molecule has 0 saturated carbocycles. The summed E-state index contributed by atoms with van der Waals surface area (Å²) in [6.07, 6.45) is 0. The maximum absolute atomic E-state index is 5.97. The summed E-state index contributed by atoms with van der Waals surface area (Å²) < 4.78 is 11.7. The van der Waals surface area contributed by atoms with Gasteiger partial charge in [-0.05, 0) is 52.4 Å². The first kappa shape index (κ1) is 26.6. The molecule has 21 heavy (non-hydrogen) atoms. The first-order valence-corrected chi connectivity index (χ1v) is 18.8. The van der Waals surface area contributed by atoms with E-state index in [0.717, 1.165) is 0 Å². The molecule has 0 heterocycles. The van der Waals surface area contributed by atoms with Crippen molar-refractivity contribution in [2.45, 2.75) is 52.4 Å². The Kier molecular flexibility index (Phi) is 14.3. The molecule has 0 saturated heterocycles. The Labute approximate surface area is 152 Å². The Morgan fingerprint density at radius 1 is 0.714 bits per heavy atom. The van der Waals surface area contributed by atoms with Crippen molar-refractivity contribution in [3.63, 3.8) is 0 Å². The van der Waals surface area contributed by atoms with Crippen LogP contribution in [0.5, 0.6) is 0 Å². The van der Waals surface area contributed by atoms with Gasteiger partial charge in [0.25, 0.3) is 0 Å². The van der Waals surface area contributed by atoms with Crippen molar-refractivity contribution in [1.82, 2.24) is 0 Å². The van der Waals surface area contributed by atoms with E-state index in [2.05, 4.69) is 72.1 Å². The van der Waals surface area contributed by atoms with Crippen LogP contribution < -0.4 is 0 Å². The predicted molar refractivity (Wildman–Crippen MR) is 104 cm³/mol. The Morgan fingerprint density at radius 2 is 1.00 bits per heavy atom. The second kappa shape index (κ2) is 11.3. The third kappa shape index (κ3) is 16.9. The molecule has 0 aliphatic heterocycles. The fraction of sp³-hybridized carbons (Fsp3) is 0.571. The van der Waals surface area contributed by atoms with Gasteiger partial charge >= 0.3 is 0 Å². The molecule has 0 atom stereocenters. The average Bonchev–Trinajstić information content (AvgIpc) is 2.27. The summed E-state index contributed by atoms with van der Waals surface area (Å²) in [6, 6.07) is 0. The maximum Gasteiger partial charge on any atom is 0.198 e. The van der Waals surface area contributed by atoms with Crippen LogP contribution >= 0.6 is 0 Å². The molecule has 0 aromatic rings. The molecule has 0 aromatic carbocycles. The number of hydrogen-bond acceptors (Lipinski definition) is 2. The van der Waals surface area contributed by atoms with Gasteiger partial charge in [-0.15, -0.1) is 19.7 Å². The zero-order chi connectivity index (χ0) is 16.6. The molecule has 0 unspecified atom stereocenters. The van der Waals surface area contributed by atoms with Crippen LogP contribution in [0.2, 0.25) is 52.4 Å². The Balaban J connectivity index is -0.000000300. The van der Waals surface area contributed by atoms with Crippen molar-refractivity contribution in [3.8, 4) is 0 Å².